The molecule has 0 aliphatic carbocycles. The van der Waals surface area contributed by atoms with Gasteiger partial charge in [0, 0.05) is 17.8 Å². The van der Waals surface area contributed by atoms with E-state index in [1.807, 2.05) is 0 Å². The minimum Gasteiger partial charge on any atom is -0.494 e. The number of carbonyl (C=O) groups excluding carboxylic acids is 2. The Morgan fingerprint density at radius 3 is 2.33 bits per heavy atom. The van der Waals surface area contributed by atoms with Crippen molar-refractivity contribution in [1.29, 1.82) is 0 Å². The lowest BCUT2D eigenvalue weighted by Crippen LogP contribution is -2.15. The van der Waals surface area contributed by atoms with Gasteiger partial charge in [-0.05, 0) is 72.5 Å². The van der Waals surface area contributed by atoms with Crippen LogP contribution in [0.2, 0.25) is 0 Å². The van der Waals surface area contributed by atoms with E-state index in [0.29, 0.717) is 54.1 Å². The zero-order valence-corrected chi connectivity index (χ0v) is 17.9. The van der Waals surface area contributed by atoms with Crippen LogP contribution >= 0.6 is 0 Å². The SMILES string of the molecule is Cc1cccc(C(=O)Nc2ccc(OCCCNC=O)cc2)c1-c1ccc(C(F)(F)F)cc1. The molecule has 0 bridgehead atoms. The number of ether oxygens (including phenoxy) is 1. The van der Waals surface area contributed by atoms with E-state index in [1.54, 1.807) is 49.4 Å². The fraction of sp³-hybridized carbons (Fsp3) is 0.200. The summed E-state index contributed by atoms with van der Waals surface area (Å²) in [6.07, 6.45) is -3.13. The molecule has 3 aromatic rings. The van der Waals surface area contributed by atoms with Gasteiger partial charge in [0.15, 0.2) is 0 Å². The predicted molar refractivity (Wildman–Crippen MR) is 120 cm³/mol. The van der Waals surface area contributed by atoms with Gasteiger partial charge < -0.3 is 15.4 Å². The van der Waals surface area contributed by atoms with Crippen molar-refractivity contribution in [3.8, 4) is 16.9 Å². The van der Waals surface area contributed by atoms with E-state index in [4.69, 9.17) is 4.74 Å². The fourth-order valence-corrected chi connectivity index (χ4v) is 3.32. The molecule has 0 aromatic heterocycles. The van der Waals surface area contributed by atoms with E-state index in [1.165, 1.54) is 12.1 Å². The van der Waals surface area contributed by atoms with E-state index in [0.717, 1.165) is 17.7 Å². The van der Waals surface area contributed by atoms with E-state index in [9.17, 15) is 22.8 Å². The first-order valence-corrected chi connectivity index (χ1v) is 10.3. The lowest BCUT2D eigenvalue weighted by Gasteiger charge is -2.14. The number of alkyl halides is 3. The van der Waals surface area contributed by atoms with Crippen LogP contribution < -0.4 is 15.4 Å². The lowest BCUT2D eigenvalue weighted by molar-refractivity contribution is -0.137. The van der Waals surface area contributed by atoms with Gasteiger partial charge in [-0.3, -0.25) is 9.59 Å². The average Bonchev–Trinajstić information content (AvgIpc) is 2.79. The summed E-state index contributed by atoms with van der Waals surface area (Å²) in [6.45, 7) is 2.77. The fourth-order valence-electron chi connectivity index (χ4n) is 3.32. The third kappa shape index (κ3) is 6.35. The van der Waals surface area contributed by atoms with Crippen molar-refractivity contribution < 1.29 is 27.5 Å². The van der Waals surface area contributed by atoms with E-state index < -0.39 is 11.7 Å². The standard InChI is InChI=1S/C25H23F3N2O3/c1-17-4-2-5-22(23(17)18-6-8-19(9-7-18)25(26,27)28)24(32)30-20-10-12-21(13-11-20)33-15-3-14-29-16-31/h2,4-13,16H,3,14-15H2,1H3,(H,29,31)(H,30,32). The third-order valence-electron chi connectivity index (χ3n) is 4.95. The summed E-state index contributed by atoms with van der Waals surface area (Å²) in [5, 5.41) is 5.37. The molecule has 5 nitrogen and oxygen atoms in total. The molecule has 0 unspecified atom stereocenters. The summed E-state index contributed by atoms with van der Waals surface area (Å²) in [5.41, 5.74) is 2.04. The van der Waals surface area contributed by atoms with Crippen molar-refractivity contribution in [2.75, 3.05) is 18.5 Å². The summed E-state index contributed by atoms with van der Waals surface area (Å²) >= 11 is 0. The lowest BCUT2D eigenvalue weighted by atomic mass is 9.94. The number of amides is 2. The summed E-state index contributed by atoms with van der Waals surface area (Å²) in [5.74, 6) is 0.252. The van der Waals surface area contributed by atoms with Crippen molar-refractivity contribution >= 4 is 18.0 Å². The number of anilines is 1. The maximum absolute atomic E-state index is 13.0. The van der Waals surface area contributed by atoms with Crippen LogP contribution in [0.5, 0.6) is 5.75 Å². The molecule has 0 aliphatic heterocycles. The number of hydrogen-bond donors (Lipinski definition) is 2. The van der Waals surface area contributed by atoms with Crippen LogP contribution in [0.25, 0.3) is 11.1 Å². The van der Waals surface area contributed by atoms with Gasteiger partial charge in [-0.2, -0.15) is 13.2 Å². The molecule has 0 aliphatic rings. The normalized spacial score (nSPS) is 11.0. The van der Waals surface area contributed by atoms with Crippen LogP contribution in [-0.2, 0) is 11.0 Å². The summed E-state index contributed by atoms with van der Waals surface area (Å²) < 4.78 is 44.3. The highest BCUT2D eigenvalue weighted by molar-refractivity contribution is 6.09. The summed E-state index contributed by atoms with van der Waals surface area (Å²) in [7, 11) is 0. The van der Waals surface area contributed by atoms with Crippen LogP contribution in [0.15, 0.2) is 66.7 Å². The first-order chi connectivity index (χ1) is 15.8. The Balaban J connectivity index is 1.73. The van der Waals surface area contributed by atoms with Gasteiger partial charge in [0.05, 0.1) is 12.2 Å². The van der Waals surface area contributed by atoms with Crippen molar-refractivity contribution in [3.05, 3.63) is 83.4 Å². The van der Waals surface area contributed by atoms with Gasteiger partial charge in [0.1, 0.15) is 5.75 Å². The van der Waals surface area contributed by atoms with Crippen LogP contribution in [-0.4, -0.2) is 25.5 Å². The molecule has 0 heterocycles. The number of halogens is 3. The van der Waals surface area contributed by atoms with E-state index in [-0.39, 0.29) is 5.91 Å². The van der Waals surface area contributed by atoms with Gasteiger partial charge in [-0.25, -0.2) is 0 Å². The number of aryl methyl sites for hydroxylation is 1. The third-order valence-corrected chi connectivity index (χ3v) is 4.95. The molecule has 0 fully saturated rings. The van der Waals surface area contributed by atoms with E-state index >= 15 is 0 Å². The molecule has 3 aromatic carbocycles. The van der Waals surface area contributed by atoms with Gasteiger partial charge in [0.2, 0.25) is 6.41 Å². The Kier molecular flexibility index (Phi) is 7.71. The second kappa shape index (κ2) is 10.7. The monoisotopic (exact) mass is 456 g/mol. The molecule has 0 saturated carbocycles. The topological polar surface area (TPSA) is 67.4 Å². The number of hydrogen-bond acceptors (Lipinski definition) is 3. The highest BCUT2D eigenvalue weighted by atomic mass is 19.4. The second-order valence-corrected chi connectivity index (χ2v) is 7.33. The van der Waals surface area contributed by atoms with E-state index in [2.05, 4.69) is 10.6 Å². The maximum atomic E-state index is 13.0. The quantitative estimate of drug-likeness (QED) is 0.333. The highest BCUT2D eigenvalue weighted by Gasteiger charge is 2.30. The molecular formula is C25H23F3N2O3. The van der Waals surface area contributed by atoms with Crippen molar-refractivity contribution in [2.45, 2.75) is 19.5 Å². The van der Waals surface area contributed by atoms with Gasteiger partial charge in [0.25, 0.3) is 5.91 Å². The number of nitrogens with one attached hydrogen (secondary N) is 2. The summed E-state index contributed by atoms with van der Waals surface area (Å²) in [6, 6.07) is 16.8. The number of carbonyl (C=O) groups is 2. The Morgan fingerprint density at radius 2 is 1.70 bits per heavy atom. The molecular weight excluding hydrogens is 433 g/mol. The predicted octanol–water partition coefficient (Wildman–Crippen LogP) is 5.45. The largest absolute Gasteiger partial charge is 0.494 e. The molecule has 172 valence electrons. The molecule has 2 N–H and O–H groups in total. The first kappa shape index (κ1) is 23.8. The van der Waals surface area contributed by atoms with Gasteiger partial charge in [-0.1, -0.05) is 24.3 Å². The number of benzene rings is 3. The molecule has 0 radical (unpaired) electrons. The van der Waals surface area contributed by atoms with Crippen LogP contribution in [0.4, 0.5) is 18.9 Å². The molecule has 0 atom stereocenters. The van der Waals surface area contributed by atoms with Crippen LogP contribution in [0.3, 0.4) is 0 Å². The minimum absolute atomic E-state index is 0.359. The van der Waals surface area contributed by atoms with Crippen molar-refractivity contribution in [3.63, 3.8) is 0 Å². The Labute approximate surface area is 189 Å². The minimum atomic E-state index is -4.42. The Hall–Kier alpha value is -3.81. The summed E-state index contributed by atoms with van der Waals surface area (Å²) in [4.78, 5) is 23.2. The van der Waals surface area contributed by atoms with Crippen molar-refractivity contribution in [1.82, 2.24) is 5.32 Å². The molecule has 0 saturated heterocycles. The zero-order chi connectivity index (χ0) is 23.8. The Morgan fingerprint density at radius 1 is 1.00 bits per heavy atom. The van der Waals surface area contributed by atoms with Gasteiger partial charge in [-0.15, -0.1) is 0 Å². The highest BCUT2D eigenvalue weighted by Crippen LogP contribution is 2.33. The molecule has 3 rings (SSSR count). The smallest absolute Gasteiger partial charge is 0.416 e. The van der Waals surface area contributed by atoms with Crippen LogP contribution in [0.1, 0.15) is 27.9 Å². The number of rotatable bonds is 9. The van der Waals surface area contributed by atoms with Crippen LogP contribution in [0, 0.1) is 6.92 Å². The second-order valence-electron chi connectivity index (χ2n) is 7.33. The van der Waals surface area contributed by atoms with Crippen molar-refractivity contribution in [2.24, 2.45) is 0 Å². The first-order valence-electron chi connectivity index (χ1n) is 10.3. The maximum Gasteiger partial charge on any atom is 0.416 e. The zero-order valence-electron chi connectivity index (χ0n) is 17.9. The molecule has 2 amide bonds. The Bertz CT molecular complexity index is 1100. The molecule has 33 heavy (non-hydrogen) atoms. The van der Waals surface area contributed by atoms with Gasteiger partial charge >= 0.3 is 6.18 Å². The molecule has 0 spiro atoms. The average molecular weight is 456 g/mol. The molecule has 8 heteroatoms.